The van der Waals surface area contributed by atoms with Gasteiger partial charge in [0, 0.05) is 26.0 Å². The molecule has 2 aromatic rings. The Balaban J connectivity index is 0.00000338. The molecule has 1 N–H and O–H groups in total. The van der Waals surface area contributed by atoms with Crippen LogP contribution < -0.4 is 5.32 Å². The van der Waals surface area contributed by atoms with Crippen LogP contribution in [0.25, 0.3) is 0 Å². The van der Waals surface area contributed by atoms with E-state index >= 15 is 0 Å². The van der Waals surface area contributed by atoms with Gasteiger partial charge in [0.2, 0.25) is 5.91 Å². The van der Waals surface area contributed by atoms with E-state index in [0.717, 1.165) is 12.0 Å². The number of hydrogen-bond acceptors (Lipinski definition) is 4. The van der Waals surface area contributed by atoms with Crippen molar-refractivity contribution in [3.8, 4) is 0 Å². The number of halogens is 1. The molecule has 2 rings (SSSR count). The minimum Gasteiger partial charge on any atom is -0.445 e. The molecule has 0 bridgehead atoms. The number of hydrogen-bond donors (Lipinski definition) is 1. The Morgan fingerprint density at radius 3 is 2.42 bits per heavy atom. The second-order valence-corrected chi connectivity index (χ2v) is 5.79. The summed E-state index contributed by atoms with van der Waals surface area (Å²) in [7, 11) is 1.73. The van der Waals surface area contributed by atoms with Crippen LogP contribution in [0.4, 0.5) is 4.79 Å². The minimum atomic E-state index is -0.647. The van der Waals surface area contributed by atoms with Crippen molar-refractivity contribution in [1.82, 2.24) is 15.2 Å². The van der Waals surface area contributed by atoms with Gasteiger partial charge >= 0.3 is 6.09 Å². The molecule has 0 saturated carbocycles. The Bertz CT molecular complexity index is 683. The summed E-state index contributed by atoms with van der Waals surface area (Å²) >= 11 is 0. The smallest absolute Gasteiger partial charge is 0.408 e. The van der Waals surface area contributed by atoms with Crippen LogP contribution in [0, 0.1) is 0 Å². The van der Waals surface area contributed by atoms with E-state index in [-0.39, 0.29) is 24.9 Å². The van der Waals surface area contributed by atoms with Gasteiger partial charge in [-0.05, 0) is 36.6 Å². The van der Waals surface area contributed by atoms with E-state index in [2.05, 4.69) is 10.3 Å². The molecule has 26 heavy (non-hydrogen) atoms. The van der Waals surface area contributed by atoms with Crippen LogP contribution in [0.2, 0.25) is 0 Å². The Labute approximate surface area is 160 Å². The fourth-order valence-corrected chi connectivity index (χ4v) is 2.29. The second kappa shape index (κ2) is 11.1. The Morgan fingerprint density at radius 1 is 1.12 bits per heavy atom. The SMILES string of the molecule is C[C@H](NC(=O)OCc1ccncc1)C(=O)N(C)CCc1ccccc1.Cl. The number of carbonyl (C=O) groups excluding carboxylic acids is 2. The summed E-state index contributed by atoms with van der Waals surface area (Å²) in [6, 6.07) is 12.8. The van der Waals surface area contributed by atoms with Crippen LogP contribution in [0.15, 0.2) is 54.9 Å². The van der Waals surface area contributed by atoms with Crippen LogP contribution in [-0.2, 0) is 22.6 Å². The van der Waals surface area contributed by atoms with E-state index in [0.29, 0.717) is 6.54 Å². The first-order valence-corrected chi connectivity index (χ1v) is 8.17. The molecular formula is C19H24ClN3O3. The molecule has 6 nitrogen and oxygen atoms in total. The lowest BCUT2D eigenvalue weighted by atomic mass is 10.1. The summed E-state index contributed by atoms with van der Waals surface area (Å²) in [5.41, 5.74) is 2.00. The van der Waals surface area contributed by atoms with Crippen molar-refractivity contribution in [2.45, 2.75) is 26.0 Å². The number of pyridine rings is 1. The number of benzene rings is 1. The first-order chi connectivity index (χ1) is 12.1. The van der Waals surface area contributed by atoms with Gasteiger partial charge in [-0.2, -0.15) is 0 Å². The van der Waals surface area contributed by atoms with E-state index in [1.165, 1.54) is 5.56 Å². The van der Waals surface area contributed by atoms with Gasteiger partial charge in [0.1, 0.15) is 12.6 Å². The molecular weight excluding hydrogens is 354 g/mol. The van der Waals surface area contributed by atoms with E-state index in [9.17, 15) is 9.59 Å². The van der Waals surface area contributed by atoms with Crippen molar-refractivity contribution in [2.75, 3.05) is 13.6 Å². The molecule has 2 amide bonds. The van der Waals surface area contributed by atoms with E-state index in [4.69, 9.17) is 4.74 Å². The third-order valence-corrected chi connectivity index (χ3v) is 3.78. The van der Waals surface area contributed by atoms with Crippen LogP contribution in [0.3, 0.4) is 0 Å². The van der Waals surface area contributed by atoms with Crippen LogP contribution in [0.5, 0.6) is 0 Å². The highest BCUT2D eigenvalue weighted by atomic mass is 35.5. The number of likely N-dealkylation sites (N-methyl/N-ethyl adjacent to an activating group) is 1. The van der Waals surface area contributed by atoms with E-state index in [1.807, 2.05) is 30.3 Å². The van der Waals surface area contributed by atoms with E-state index in [1.54, 1.807) is 43.4 Å². The zero-order chi connectivity index (χ0) is 18.1. The summed E-state index contributed by atoms with van der Waals surface area (Å²) in [5.74, 6) is -0.156. The highest BCUT2D eigenvalue weighted by molar-refractivity contribution is 5.85. The predicted octanol–water partition coefficient (Wildman–Crippen LogP) is 2.82. The Hall–Kier alpha value is -2.60. The molecule has 1 heterocycles. The highest BCUT2D eigenvalue weighted by Gasteiger charge is 2.19. The number of nitrogens with one attached hydrogen (secondary N) is 1. The standard InChI is InChI=1S/C19H23N3O3.ClH/c1-15(21-19(24)25-14-17-8-11-20-12-9-17)18(23)22(2)13-10-16-6-4-3-5-7-16;/h3-9,11-12,15H,10,13-14H2,1-2H3,(H,21,24);1H/t15-;/m0./s1. The monoisotopic (exact) mass is 377 g/mol. The highest BCUT2D eigenvalue weighted by Crippen LogP contribution is 2.03. The molecule has 7 heteroatoms. The van der Waals surface area contributed by atoms with Crippen molar-refractivity contribution in [3.05, 3.63) is 66.0 Å². The zero-order valence-corrected chi connectivity index (χ0v) is 15.7. The summed E-state index contributed by atoms with van der Waals surface area (Å²) < 4.78 is 5.11. The molecule has 0 spiro atoms. The normalized spacial score (nSPS) is 11.0. The molecule has 140 valence electrons. The maximum Gasteiger partial charge on any atom is 0.408 e. The van der Waals surface area contributed by atoms with Gasteiger partial charge < -0.3 is 15.0 Å². The van der Waals surface area contributed by atoms with E-state index < -0.39 is 12.1 Å². The second-order valence-electron chi connectivity index (χ2n) is 5.79. The van der Waals surface area contributed by atoms with Crippen molar-refractivity contribution < 1.29 is 14.3 Å². The van der Waals surface area contributed by atoms with Gasteiger partial charge in [-0.3, -0.25) is 9.78 Å². The van der Waals surface area contributed by atoms with Gasteiger partial charge in [-0.25, -0.2) is 4.79 Å². The summed E-state index contributed by atoms with van der Waals surface area (Å²) in [4.78, 5) is 29.6. The van der Waals surface area contributed by atoms with Crippen LogP contribution in [0.1, 0.15) is 18.1 Å². The third-order valence-electron chi connectivity index (χ3n) is 3.78. The van der Waals surface area contributed by atoms with Crippen molar-refractivity contribution in [2.24, 2.45) is 0 Å². The van der Waals surface area contributed by atoms with Crippen molar-refractivity contribution in [3.63, 3.8) is 0 Å². The fraction of sp³-hybridized carbons (Fsp3) is 0.316. The minimum absolute atomic E-state index is 0. The molecule has 0 unspecified atom stereocenters. The van der Waals surface area contributed by atoms with Crippen molar-refractivity contribution >= 4 is 24.4 Å². The maximum absolute atomic E-state index is 12.3. The largest absolute Gasteiger partial charge is 0.445 e. The number of amides is 2. The van der Waals surface area contributed by atoms with Crippen LogP contribution in [-0.4, -0.2) is 41.5 Å². The molecule has 0 radical (unpaired) electrons. The number of alkyl carbamates (subject to hydrolysis) is 1. The van der Waals surface area contributed by atoms with Crippen LogP contribution >= 0.6 is 12.4 Å². The molecule has 0 saturated heterocycles. The number of nitrogens with zero attached hydrogens (tertiary/aromatic N) is 2. The predicted molar refractivity (Wildman–Crippen MR) is 102 cm³/mol. The average Bonchev–Trinajstić information content (AvgIpc) is 2.65. The third kappa shape index (κ3) is 7.11. The lowest BCUT2D eigenvalue weighted by Gasteiger charge is -2.22. The first-order valence-electron chi connectivity index (χ1n) is 8.17. The number of carbonyl (C=O) groups is 2. The maximum atomic E-state index is 12.3. The quantitative estimate of drug-likeness (QED) is 0.805. The van der Waals surface area contributed by atoms with Gasteiger partial charge in [0.15, 0.2) is 0 Å². The first kappa shape index (κ1) is 21.4. The Kier molecular flexibility index (Phi) is 9.15. The lowest BCUT2D eigenvalue weighted by Crippen LogP contribution is -2.46. The number of aromatic nitrogens is 1. The Morgan fingerprint density at radius 2 is 1.77 bits per heavy atom. The summed E-state index contributed by atoms with van der Waals surface area (Å²) in [6.07, 6.45) is 3.41. The topological polar surface area (TPSA) is 71.5 Å². The molecule has 1 aromatic carbocycles. The van der Waals surface area contributed by atoms with Crippen molar-refractivity contribution in [1.29, 1.82) is 0 Å². The fourth-order valence-electron chi connectivity index (χ4n) is 2.29. The van der Waals surface area contributed by atoms with Gasteiger partial charge in [-0.1, -0.05) is 30.3 Å². The van der Waals surface area contributed by atoms with Gasteiger partial charge in [0.25, 0.3) is 0 Å². The lowest BCUT2D eigenvalue weighted by molar-refractivity contribution is -0.131. The summed E-state index contributed by atoms with van der Waals surface area (Å²) in [5, 5.41) is 2.56. The molecule has 0 aliphatic heterocycles. The summed E-state index contributed by atoms with van der Waals surface area (Å²) in [6.45, 7) is 2.37. The average molecular weight is 378 g/mol. The number of ether oxygens (including phenoxy) is 1. The molecule has 1 aromatic heterocycles. The molecule has 0 aliphatic carbocycles. The zero-order valence-electron chi connectivity index (χ0n) is 14.9. The molecule has 0 aliphatic rings. The van der Waals surface area contributed by atoms with Gasteiger partial charge in [0.05, 0.1) is 0 Å². The molecule has 1 atom stereocenters. The van der Waals surface area contributed by atoms with Gasteiger partial charge in [-0.15, -0.1) is 12.4 Å². The number of rotatable bonds is 7. The molecule has 0 fully saturated rings.